The van der Waals surface area contributed by atoms with Crippen molar-refractivity contribution >= 4 is 17.4 Å². The molecule has 3 rings (SSSR count). The van der Waals surface area contributed by atoms with Gasteiger partial charge in [-0.05, 0) is 30.9 Å². The highest BCUT2D eigenvalue weighted by atomic mass is 16.2. The quantitative estimate of drug-likeness (QED) is 0.752. The van der Waals surface area contributed by atoms with Gasteiger partial charge in [-0.2, -0.15) is 0 Å². The minimum Gasteiger partial charge on any atom is -0.325 e. The Morgan fingerprint density at radius 3 is 2.53 bits per heavy atom. The summed E-state index contributed by atoms with van der Waals surface area (Å²) in [5.74, 6) is -0.305. The van der Waals surface area contributed by atoms with Crippen LogP contribution in [0.1, 0.15) is 36.0 Å². The van der Waals surface area contributed by atoms with Crippen molar-refractivity contribution < 1.29 is 9.59 Å². The Kier molecular flexibility index (Phi) is 2.46. The predicted molar refractivity (Wildman–Crippen MR) is 64.9 cm³/mol. The van der Waals surface area contributed by atoms with Crippen LogP contribution in [0.25, 0.3) is 0 Å². The fourth-order valence-electron chi connectivity index (χ4n) is 3.02. The van der Waals surface area contributed by atoms with Crippen LogP contribution < -0.4 is 5.32 Å². The van der Waals surface area contributed by atoms with Crippen molar-refractivity contribution in [3.05, 3.63) is 29.8 Å². The van der Waals surface area contributed by atoms with Gasteiger partial charge in [-0.15, -0.1) is 0 Å². The van der Waals surface area contributed by atoms with Crippen LogP contribution in [0.5, 0.6) is 0 Å². The first kappa shape index (κ1) is 10.5. The summed E-state index contributed by atoms with van der Waals surface area (Å²) in [6, 6.07) is 7.28. The lowest BCUT2D eigenvalue weighted by Crippen LogP contribution is -2.39. The summed E-state index contributed by atoms with van der Waals surface area (Å²) in [7, 11) is 0. The van der Waals surface area contributed by atoms with E-state index in [4.69, 9.17) is 0 Å². The van der Waals surface area contributed by atoms with Crippen LogP contribution in [-0.2, 0) is 4.79 Å². The smallest absolute Gasteiger partial charge is 0.235 e. The molecule has 0 bridgehead atoms. The Morgan fingerprint density at radius 2 is 1.76 bits per heavy atom. The molecule has 3 heteroatoms. The highest BCUT2D eigenvalue weighted by Crippen LogP contribution is 2.37. The van der Waals surface area contributed by atoms with E-state index in [1.54, 1.807) is 12.1 Å². The molecule has 0 saturated heterocycles. The number of benzene rings is 1. The highest BCUT2D eigenvalue weighted by Gasteiger charge is 2.40. The molecule has 88 valence electrons. The average Bonchev–Trinajstić information content (AvgIpc) is 2.83. The molecule has 1 saturated carbocycles. The molecule has 3 nitrogen and oxygen atoms in total. The van der Waals surface area contributed by atoms with Crippen molar-refractivity contribution in [2.45, 2.75) is 25.7 Å². The van der Waals surface area contributed by atoms with Gasteiger partial charge < -0.3 is 5.32 Å². The predicted octanol–water partition coefficient (Wildman–Crippen LogP) is 2.63. The van der Waals surface area contributed by atoms with E-state index < -0.39 is 5.92 Å². The van der Waals surface area contributed by atoms with E-state index in [0.29, 0.717) is 11.3 Å². The second kappa shape index (κ2) is 3.99. The van der Waals surface area contributed by atoms with Crippen LogP contribution >= 0.6 is 0 Å². The van der Waals surface area contributed by atoms with Crippen LogP contribution in [0.4, 0.5) is 5.69 Å². The third-order valence-electron chi connectivity index (χ3n) is 3.89. The molecule has 1 fully saturated rings. The van der Waals surface area contributed by atoms with E-state index in [1.807, 2.05) is 12.1 Å². The SMILES string of the molecule is O=C1Nc2ccccc2C(=O)C1C1CCCC1. The number of anilines is 1. The highest BCUT2D eigenvalue weighted by molar-refractivity contribution is 6.20. The minimum atomic E-state index is -0.451. The normalized spacial score (nSPS) is 24.6. The van der Waals surface area contributed by atoms with Crippen molar-refractivity contribution in [2.24, 2.45) is 11.8 Å². The topological polar surface area (TPSA) is 46.2 Å². The number of nitrogens with one attached hydrogen (secondary N) is 1. The van der Waals surface area contributed by atoms with E-state index in [9.17, 15) is 9.59 Å². The minimum absolute atomic E-state index is 0.0104. The van der Waals surface area contributed by atoms with Gasteiger partial charge in [0.1, 0.15) is 5.92 Å². The molecule has 1 aliphatic heterocycles. The molecule has 17 heavy (non-hydrogen) atoms. The van der Waals surface area contributed by atoms with Gasteiger partial charge in [0.25, 0.3) is 0 Å². The van der Waals surface area contributed by atoms with Gasteiger partial charge in [-0.1, -0.05) is 25.0 Å². The third-order valence-corrected chi connectivity index (χ3v) is 3.89. The number of rotatable bonds is 1. The largest absolute Gasteiger partial charge is 0.325 e. The molecule has 1 N–H and O–H groups in total. The summed E-state index contributed by atoms with van der Waals surface area (Å²) in [6.07, 6.45) is 4.30. The fraction of sp³-hybridized carbons (Fsp3) is 0.429. The van der Waals surface area contributed by atoms with Crippen LogP contribution in [-0.4, -0.2) is 11.7 Å². The van der Waals surface area contributed by atoms with Crippen molar-refractivity contribution in [3.8, 4) is 0 Å². The second-order valence-corrected chi connectivity index (χ2v) is 4.92. The number of amides is 1. The average molecular weight is 229 g/mol. The van der Waals surface area contributed by atoms with E-state index in [1.165, 1.54) is 0 Å². The zero-order valence-corrected chi connectivity index (χ0v) is 9.61. The Morgan fingerprint density at radius 1 is 1.06 bits per heavy atom. The van der Waals surface area contributed by atoms with Crippen LogP contribution in [0.3, 0.4) is 0 Å². The van der Waals surface area contributed by atoms with Crippen LogP contribution in [0, 0.1) is 11.8 Å². The molecule has 1 aromatic carbocycles. The van der Waals surface area contributed by atoms with Gasteiger partial charge in [0.2, 0.25) is 5.91 Å². The molecule has 1 aromatic rings. The van der Waals surface area contributed by atoms with E-state index >= 15 is 0 Å². The number of hydrogen-bond acceptors (Lipinski definition) is 2. The monoisotopic (exact) mass is 229 g/mol. The fourth-order valence-corrected chi connectivity index (χ4v) is 3.02. The summed E-state index contributed by atoms with van der Waals surface area (Å²) >= 11 is 0. The van der Waals surface area contributed by atoms with E-state index in [2.05, 4.69) is 5.32 Å². The summed E-state index contributed by atoms with van der Waals surface area (Å²) in [4.78, 5) is 24.4. The first-order chi connectivity index (χ1) is 8.27. The number of carbonyl (C=O) groups is 2. The molecule has 1 unspecified atom stereocenters. The van der Waals surface area contributed by atoms with E-state index in [0.717, 1.165) is 25.7 Å². The molecule has 1 amide bonds. The Balaban J connectivity index is 1.97. The number of ketones is 1. The molecule has 1 heterocycles. The zero-order valence-electron chi connectivity index (χ0n) is 9.61. The lowest BCUT2D eigenvalue weighted by molar-refractivity contribution is -0.120. The molecular weight excluding hydrogens is 214 g/mol. The maximum atomic E-state index is 12.4. The summed E-state index contributed by atoms with van der Waals surface area (Å²) in [6.45, 7) is 0. The first-order valence-electron chi connectivity index (χ1n) is 6.21. The number of carbonyl (C=O) groups excluding carboxylic acids is 2. The Bertz CT molecular complexity index is 475. The Labute approximate surface area is 100 Å². The van der Waals surface area contributed by atoms with Gasteiger partial charge in [-0.25, -0.2) is 0 Å². The molecule has 0 radical (unpaired) electrons. The standard InChI is InChI=1S/C14H15NO2/c16-13-10-7-3-4-8-11(10)15-14(17)12(13)9-5-1-2-6-9/h3-4,7-9,12H,1-2,5-6H2,(H,15,17). The van der Waals surface area contributed by atoms with Crippen molar-refractivity contribution in [1.82, 2.24) is 0 Å². The molecule has 1 atom stereocenters. The maximum Gasteiger partial charge on any atom is 0.235 e. The number of para-hydroxylation sites is 1. The molecule has 0 aromatic heterocycles. The van der Waals surface area contributed by atoms with Gasteiger partial charge in [0, 0.05) is 5.56 Å². The summed E-state index contributed by atoms with van der Waals surface area (Å²) in [5.41, 5.74) is 1.33. The van der Waals surface area contributed by atoms with Crippen molar-refractivity contribution in [2.75, 3.05) is 5.32 Å². The lowest BCUT2D eigenvalue weighted by Gasteiger charge is -2.27. The second-order valence-electron chi connectivity index (χ2n) is 4.92. The van der Waals surface area contributed by atoms with Gasteiger partial charge in [0.05, 0.1) is 5.69 Å². The third kappa shape index (κ3) is 1.66. The first-order valence-corrected chi connectivity index (χ1v) is 6.21. The number of fused-ring (bicyclic) bond motifs is 1. The summed E-state index contributed by atoms with van der Waals surface area (Å²) in [5, 5.41) is 2.86. The van der Waals surface area contributed by atoms with Crippen LogP contribution in [0.2, 0.25) is 0 Å². The number of hydrogen-bond donors (Lipinski definition) is 1. The molecule has 2 aliphatic rings. The van der Waals surface area contributed by atoms with Crippen molar-refractivity contribution in [1.29, 1.82) is 0 Å². The Hall–Kier alpha value is -1.64. The number of Topliss-reactive ketones (excluding diaryl/α,β-unsaturated/α-hetero) is 1. The van der Waals surface area contributed by atoms with Gasteiger partial charge in [-0.3, -0.25) is 9.59 Å². The molecule has 1 aliphatic carbocycles. The molecular formula is C14H15NO2. The lowest BCUT2D eigenvalue weighted by atomic mass is 9.81. The van der Waals surface area contributed by atoms with Gasteiger partial charge >= 0.3 is 0 Å². The maximum absolute atomic E-state index is 12.4. The van der Waals surface area contributed by atoms with Crippen LogP contribution in [0.15, 0.2) is 24.3 Å². The van der Waals surface area contributed by atoms with Gasteiger partial charge in [0.15, 0.2) is 5.78 Å². The van der Waals surface area contributed by atoms with E-state index in [-0.39, 0.29) is 17.6 Å². The zero-order chi connectivity index (χ0) is 11.8. The molecule has 0 spiro atoms. The van der Waals surface area contributed by atoms with Crippen molar-refractivity contribution in [3.63, 3.8) is 0 Å². The summed E-state index contributed by atoms with van der Waals surface area (Å²) < 4.78 is 0.